The standard InChI is InChI=1S/C14H15NOS/c15-9-11-4-6-12(7-5-11)10-17-14-3-1-2-13(16)8-14/h4-7,14H,1-3,8,10H2. The first-order chi connectivity index (χ1) is 8.28. The van der Waals surface area contributed by atoms with E-state index in [0.29, 0.717) is 16.6 Å². The molecule has 0 aliphatic heterocycles. The molecule has 0 N–H and O–H groups in total. The van der Waals surface area contributed by atoms with Gasteiger partial charge in [-0.1, -0.05) is 12.1 Å². The second kappa shape index (κ2) is 5.88. The molecule has 1 aromatic rings. The molecule has 2 nitrogen and oxygen atoms in total. The number of ketones is 1. The predicted molar refractivity (Wildman–Crippen MR) is 69.7 cm³/mol. The van der Waals surface area contributed by atoms with Crippen LogP contribution in [0, 0.1) is 11.3 Å². The van der Waals surface area contributed by atoms with Crippen LogP contribution < -0.4 is 0 Å². The van der Waals surface area contributed by atoms with Crippen molar-refractivity contribution in [1.29, 1.82) is 5.26 Å². The quantitative estimate of drug-likeness (QED) is 0.820. The number of nitrogens with zero attached hydrogens (tertiary/aromatic N) is 1. The number of Topliss-reactive ketones (excluding diaryl/α,β-unsaturated/α-hetero) is 1. The Morgan fingerprint density at radius 3 is 2.76 bits per heavy atom. The largest absolute Gasteiger partial charge is 0.300 e. The van der Waals surface area contributed by atoms with Crippen LogP contribution in [0.15, 0.2) is 24.3 Å². The van der Waals surface area contributed by atoms with Gasteiger partial charge in [-0.25, -0.2) is 0 Å². The van der Waals surface area contributed by atoms with E-state index in [2.05, 4.69) is 6.07 Å². The maximum absolute atomic E-state index is 11.3. The van der Waals surface area contributed by atoms with E-state index in [1.54, 1.807) is 0 Å². The van der Waals surface area contributed by atoms with Gasteiger partial charge in [0.1, 0.15) is 5.78 Å². The lowest BCUT2D eigenvalue weighted by Crippen LogP contribution is -2.16. The topological polar surface area (TPSA) is 40.9 Å². The fourth-order valence-electron chi connectivity index (χ4n) is 2.02. The fraction of sp³-hybridized carbons (Fsp3) is 0.429. The zero-order valence-corrected chi connectivity index (χ0v) is 10.5. The van der Waals surface area contributed by atoms with Crippen molar-refractivity contribution in [3.05, 3.63) is 35.4 Å². The zero-order chi connectivity index (χ0) is 12.1. The smallest absolute Gasteiger partial charge is 0.134 e. The van der Waals surface area contributed by atoms with Gasteiger partial charge in [-0.05, 0) is 30.5 Å². The second-order valence-electron chi connectivity index (χ2n) is 4.38. The molecule has 0 aromatic heterocycles. The number of carbonyl (C=O) groups is 1. The summed E-state index contributed by atoms with van der Waals surface area (Å²) in [6, 6.07) is 9.80. The first-order valence-electron chi connectivity index (χ1n) is 5.90. The minimum absolute atomic E-state index is 0.411. The van der Waals surface area contributed by atoms with Gasteiger partial charge in [0, 0.05) is 23.8 Å². The van der Waals surface area contributed by atoms with Crippen molar-refractivity contribution < 1.29 is 4.79 Å². The van der Waals surface area contributed by atoms with Crippen LogP contribution in [0.1, 0.15) is 36.8 Å². The van der Waals surface area contributed by atoms with Gasteiger partial charge in [0.05, 0.1) is 11.6 Å². The molecule has 1 fully saturated rings. The second-order valence-corrected chi connectivity index (χ2v) is 5.67. The van der Waals surface area contributed by atoms with Crippen molar-refractivity contribution in [3.63, 3.8) is 0 Å². The summed E-state index contributed by atoms with van der Waals surface area (Å²) in [5.41, 5.74) is 1.93. The highest BCUT2D eigenvalue weighted by Gasteiger charge is 2.19. The molecule has 0 heterocycles. The number of nitriles is 1. The Balaban J connectivity index is 1.84. The van der Waals surface area contributed by atoms with Crippen LogP contribution in [-0.4, -0.2) is 11.0 Å². The molecule has 88 valence electrons. The Kier molecular flexibility index (Phi) is 4.22. The number of hydrogen-bond acceptors (Lipinski definition) is 3. The van der Waals surface area contributed by atoms with Crippen LogP contribution in [0.5, 0.6) is 0 Å². The molecular weight excluding hydrogens is 230 g/mol. The third-order valence-corrected chi connectivity index (χ3v) is 4.38. The lowest BCUT2D eigenvalue weighted by Gasteiger charge is -2.20. The summed E-state index contributed by atoms with van der Waals surface area (Å²) >= 11 is 1.86. The van der Waals surface area contributed by atoms with Gasteiger partial charge in [0.25, 0.3) is 0 Å². The molecule has 0 radical (unpaired) electrons. The molecule has 0 spiro atoms. The van der Waals surface area contributed by atoms with Crippen molar-refractivity contribution in [2.45, 2.75) is 36.7 Å². The highest BCUT2D eigenvalue weighted by Crippen LogP contribution is 2.28. The number of hydrogen-bond donors (Lipinski definition) is 0. The molecule has 1 aliphatic rings. The molecule has 0 amide bonds. The summed E-state index contributed by atoms with van der Waals surface area (Å²) < 4.78 is 0. The monoisotopic (exact) mass is 245 g/mol. The normalized spacial score (nSPS) is 19.9. The third-order valence-electron chi connectivity index (χ3n) is 3.01. The van der Waals surface area contributed by atoms with Gasteiger partial charge in [-0.2, -0.15) is 17.0 Å². The summed E-state index contributed by atoms with van der Waals surface area (Å²) in [5, 5.41) is 9.19. The Hall–Kier alpha value is -1.27. The summed E-state index contributed by atoms with van der Waals surface area (Å²) in [6.07, 6.45) is 3.71. The van der Waals surface area contributed by atoms with E-state index in [-0.39, 0.29) is 0 Å². The summed E-state index contributed by atoms with van der Waals surface area (Å²) in [6.45, 7) is 0. The van der Waals surface area contributed by atoms with Crippen LogP contribution in [0.4, 0.5) is 0 Å². The Morgan fingerprint density at radius 2 is 2.12 bits per heavy atom. The van der Waals surface area contributed by atoms with Gasteiger partial charge in [0.2, 0.25) is 0 Å². The van der Waals surface area contributed by atoms with Gasteiger partial charge in [-0.15, -0.1) is 0 Å². The maximum Gasteiger partial charge on any atom is 0.134 e. The molecule has 0 bridgehead atoms. The molecule has 1 saturated carbocycles. The number of benzene rings is 1. The van der Waals surface area contributed by atoms with Crippen molar-refractivity contribution in [1.82, 2.24) is 0 Å². The molecule has 1 aromatic carbocycles. The van der Waals surface area contributed by atoms with Crippen LogP contribution in [0.25, 0.3) is 0 Å². The van der Waals surface area contributed by atoms with E-state index >= 15 is 0 Å². The first kappa shape index (κ1) is 12.2. The minimum Gasteiger partial charge on any atom is -0.300 e. The number of thioether (sulfide) groups is 1. The minimum atomic E-state index is 0.411. The molecule has 3 heteroatoms. The average Bonchev–Trinajstić information content (AvgIpc) is 2.37. The van der Waals surface area contributed by atoms with Gasteiger partial charge >= 0.3 is 0 Å². The highest BCUT2D eigenvalue weighted by atomic mass is 32.2. The Morgan fingerprint density at radius 1 is 1.35 bits per heavy atom. The predicted octanol–water partition coefficient (Wildman–Crippen LogP) is 3.30. The molecular formula is C14H15NOS. The van der Waals surface area contributed by atoms with E-state index in [9.17, 15) is 4.79 Å². The third kappa shape index (κ3) is 3.61. The van der Waals surface area contributed by atoms with E-state index in [0.717, 1.165) is 31.4 Å². The summed E-state index contributed by atoms with van der Waals surface area (Å²) in [5.74, 6) is 1.34. The van der Waals surface area contributed by atoms with Crippen molar-refractivity contribution in [3.8, 4) is 6.07 Å². The van der Waals surface area contributed by atoms with E-state index in [1.807, 2.05) is 36.0 Å². The Bertz CT molecular complexity index is 433. The Labute approximate surface area is 106 Å². The summed E-state index contributed by atoms with van der Waals surface area (Å²) in [7, 11) is 0. The van der Waals surface area contributed by atoms with Crippen molar-refractivity contribution in [2.75, 3.05) is 0 Å². The van der Waals surface area contributed by atoms with Gasteiger partial charge in [-0.3, -0.25) is 4.79 Å². The molecule has 17 heavy (non-hydrogen) atoms. The molecule has 0 saturated heterocycles. The van der Waals surface area contributed by atoms with Gasteiger partial charge in [0.15, 0.2) is 0 Å². The molecule has 1 unspecified atom stereocenters. The number of carbonyl (C=O) groups excluding carboxylic acids is 1. The van der Waals surface area contributed by atoms with Crippen molar-refractivity contribution >= 4 is 17.5 Å². The fourth-order valence-corrected chi connectivity index (χ4v) is 3.27. The molecule has 2 rings (SSSR count). The molecule has 1 atom stereocenters. The maximum atomic E-state index is 11.3. The van der Waals surface area contributed by atoms with Crippen LogP contribution >= 0.6 is 11.8 Å². The van der Waals surface area contributed by atoms with E-state index in [1.165, 1.54) is 5.56 Å². The zero-order valence-electron chi connectivity index (χ0n) is 9.69. The van der Waals surface area contributed by atoms with Gasteiger partial charge < -0.3 is 0 Å². The van der Waals surface area contributed by atoms with Crippen LogP contribution in [0.3, 0.4) is 0 Å². The number of rotatable bonds is 3. The lowest BCUT2D eigenvalue weighted by atomic mass is 9.99. The van der Waals surface area contributed by atoms with Crippen molar-refractivity contribution in [2.24, 2.45) is 0 Å². The highest BCUT2D eigenvalue weighted by molar-refractivity contribution is 7.99. The van der Waals surface area contributed by atoms with Crippen LogP contribution in [0.2, 0.25) is 0 Å². The van der Waals surface area contributed by atoms with E-state index < -0.39 is 0 Å². The average molecular weight is 245 g/mol. The molecule has 1 aliphatic carbocycles. The lowest BCUT2D eigenvalue weighted by molar-refractivity contribution is -0.120. The van der Waals surface area contributed by atoms with E-state index in [4.69, 9.17) is 5.26 Å². The first-order valence-corrected chi connectivity index (χ1v) is 6.95. The summed E-state index contributed by atoms with van der Waals surface area (Å²) in [4.78, 5) is 11.3. The van der Waals surface area contributed by atoms with Crippen LogP contribution in [-0.2, 0) is 10.5 Å². The SMILES string of the molecule is N#Cc1ccc(CSC2CCCC(=O)C2)cc1.